The molecule has 6 heteroatoms. The molecule has 1 aliphatic heterocycles. The van der Waals surface area contributed by atoms with Crippen molar-refractivity contribution in [3.63, 3.8) is 0 Å². The number of nitrogens with one attached hydrogen (secondary N) is 1. The lowest BCUT2D eigenvalue weighted by Gasteiger charge is -2.34. The summed E-state index contributed by atoms with van der Waals surface area (Å²) in [5.41, 5.74) is 7.63. The van der Waals surface area contributed by atoms with Crippen LogP contribution in [-0.2, 0) is 11.2 Å². The predicted molar refractivity (Wildman–Crippen MR) is 86.4 cm³/mol. The number of aryl methyl sites for hydroxylation is 1. The van der Waals surface area contributed by atoms with Crippen LogP contribution in [0.15, 0.2) is 24.3 Å². The van der Waals surface area contributed by atoms with Crippen molar-refractivity contribution in [1.29, 1.82) is 0 Å². The maximum atomic E-state index is 12.3. The molecule has 2 rings (SSSR count). The fourth-order valence-electron chi connectivity index (χ4n) is 2.58. The van der Waals surface area contributed by atoms with Crippen molar-refractivity contribution in [2.75, 3.05) is 38.5 Å². The van der Waals surface area contributed by atoms with Crippen molar-refractivity contribution < 1.29 is 9.59 Å². The summed E-state index contributed by atoms with van der Waals surface area (Å²) in [7, 11) is 0. The van der Waals surface area contributed by atoms with Gasteiger partial charge in [-0.05, 0) is 25.0 Å². The number of hydrogen-bond acceptors (Lipinski definition) is 3. The van der Waals surface area contributed by atoms with E-state index in [1.807, 2.05) is 36.1 Å². The number of benzene rings is 1. The Bertz CT molecular complexity index is 525. The van der Waals surface area contributed by atoms with Gasteiger partial charge in [0.2, 0.25) is 5.91 Å². The molecule has 0 radical (unpaired) electrons. The number of nitrogens with zero attached hydrogens (tertiary/aromatic N) is 2. The van der Waals surface area contributed by atoms with Crippen molar-refractivity contribution in [2.45, 2.75) is 19.8 Å². The standard InChI is InChI=1S/C16H24N4O2/c1-2-18-16(22)20-11-9-19(10-12-20)15(21)8-7-13-5-3-4-6-14(13)17/h3-6H,2,7-12,17H2,1H3,(H,18,22). The molecule has 1 aromatic carbocycles. The fourth-order valence-corrected chi connectivity index (χ4v) is 2.58. The minimum Gasteiger partial charge on any atom is -0.399 e. The van der Waals surface area contributed by atoms with E-state index in [1.54, 1.807) is 4.90 Å². The molecule has 0 aliphatic carbocycles. The summed E-state index contributed by atoms with van der Waals surface area (Å²) in [6.07, 6.45) is 1.11. The minimum absolute atomic E-state index is 0.0494. The summed E-state index contributed by atoms with van der Waals surface area (Å²) in [5.74, 6) is 0.124. The molecular formula is C16H24N4O2. The van der Waals surface area contributed by atoms with E-state index in [0.29, 0.717) is 45.6 Å². The SMILES string of the molecule is CCNC(=O)N1CCN(C(=O)CCc2ccccc2N)CC1. The summed E-state index contributed by atoms with van der Waals surface area (Å²) in [4.78, 5) is 27.6. The van der Waals surface area contributed by atoms with Gasteiger partial charge in [0.25, 0.3) is 0 Å². The number of urea groups is 1. The summed E-state index contributed by atoms with van der Waals surface area (Å²) in [5, 5.41) is 2.78. The van der Waals surface area contributed by atoms with E-state index in [0.717, 1.165) is 11.3 Å². The third-order valence-corrected chi connectivity index (χ3v) is 3.91. The third kappa shape index (κ3) is 4.13. The normalized spacial score (nSPS) is 14.8. The molecule has 0 spiro atoms. The van der Waals surface area contributed by atoms with Gasteiger partial charge in [0.1, 0.15) is 0 Å². The number of anilines is 1. The molecule has 1 aromatic rings. The highest BCUT2D eigenvalue weighted by Gasteiger charge is 2.23. The van der Waals surface area contributed by atoms with Gasteiger partial charge in [-0.1, -0.05) is 18.2 Å². The second-order valence-corrected chi connectivity index (χ2v) is 5.40. The quantitative estimate of drug-likeness (QED) is 0.817. The highest BCUT2D eigenvalue weighted by atomic mass is 16.2. The molecular weight excluding hydrogens is 280 g/mol. The zero-order valence-electron chi connectivity index (χ0n) is 13.0. The summed E-state index contributed by atoms with van der Waals surface area (Å²) in [6, 6.07) is 7.58. The first-order valence-corrected chi connectivity index (χ1v) is 7.75. The van der Waals surface area contributed by atoms with Gasteiger partial charge in [-0.2, -0.15) is 0 Å². The van der Waals surface area contributed by atoms with Crippen LogP contribution in [0.3, 0.4) is 0 Å². The van der Waals surface area contributed by atoms with E-state index in [9.17, 15) is 9.59 Å². The lowest BCUT2D eigenvalue weighted by molar-refractivity contribution is -0.132. The maximum absolute atomic E-state index is 12.3. The minimum atomic E-state index is -0.0494. The molecule has 1 fully saturated rings. The van der Waals surface area contributed by atoms with Crippen LogP contribution in [0, 0.1) is 0 Å². The molecule has 120 valence electrons. The Kier molecular flexibility index (Phi) is 5.63. The molecule has 1 saturated heterocycles. The number of nitrogens with two attached hydrogens (primary N) is 1. The zero-order valence-corrected chi connectivity index (χ0v) is 13.0. The second kappa shape index (κ2) is 7.68. The van der Waals surface area contributed by atoms with Gasteiger partial charge in [0, 0.05) is 44.8 Å². The number of amides is 3. The first-order valence-electron chi connectivity index (χ1n) is 7.75. The number of para-hydroxylation sites is 1. The van der Waals surface area contributed by atoms with E-state index >= 15 is 0 Å². The van der Waals surface area contributed by atoms with Crippen LogP contribution < -0.4 is 11.1 Å². The van der Waals surface area contributed by atoms with Crippen molar-refractivity contribution in [3.05, 3.63) is 29.8 Å². The summed E-state index contributed by atoms with van der Waals surface area (Å²) >= 11 is 0. The smallest absolute Gasteiger partial charge is 0.317 e. The number of carbonyl (C=O) groups excluding carboxylic acids is 2. The molecule has 3 N–H and O–H groups in total. The molecule has 6 nitrogen and oxygen atoms in total. The molecule has 0 unspecified atom stereocenters. The fraction of sp³-hybridized carbons (Fsp3) is 0.500. The van der Waals surface area contributed by atoms with Crippen LogP contribution in [0.1, 0.15) is 18.9 Å². The Morgan fingerprint density at radius 3 is 2.41 bits per heavy atom. The summed E-state index contributed by atoms with van der Waals surface area (Å²) < 4.78 is 0. The predicted octanol–water partition coefficient (Wildman–Crippen LogP) is 1.08. The van der Waals surface area contributed by atoms with E-state index in [1.165, 1.54) is 0 Å². The van der Waals surface area contributed by atoms with Gasteiger partial charge < -0.3 is 20.9 Å². The van der Waals surface area contributed by atoms with Crippen LogP contribution in [0.2, 0.25) is 0 Å². The monoisotopic (exact) mass is 304 g/mol. The highest BCUT2D eigenvalue weighted by molar-refractivity contribution is 5.78. The van der Waals surface area contributed by atoms with Crippen LogP contribution in [0.4, 0.5) is 10.5 Å². The molecule has 1 heterocycles. The second-order valence-electron chi connectivity index (χ2n) is 5.40. The van der Waals surface area contributed by atoms with Gasteiger partial charge in [0.15, 0.2) is 0 Å². The average Bonchev–Trinajstić information content (AvgIpc) is 2.54. The van der Waals surface area contributed by atoms with Crippen LogP contribution in [0.25, 0.3) is 0 Å². The molecule has 0 saturated carbocycles. The van der Waals surface area contributed by atoms with E-state index in [-0.39, 0.29) is 11.9 Å². The number of piperazine rings is 1. The molecule has 0 atom stereocenters. The van der Waals surface area contributed by atoms with Gasteiger partial charge in [-0.3, -0.25) is 4.79 Å². The Hall–Kier alpha value is -2.24. The number of rotatable bonds is 4. The Balaban J connectivity index is 1.78. The number of carbonyl (C=O) groups is 2. The van der Waals surface area contributed by atoms with Crippen LogP contribution in [-0.4, -0.2) is 54.5 Å². The Labute approximate surface area is 131 Å². The first kappa shape index (κ1) is 16.1. The third-order valence-electron chi connectivity index (χ3n) is 3.91. The molecule has 3 amide bonds. The lowest BCUT2D eigenvalue weighted by Crippen LogP contribution is -2.53. The van der Waals surface area contributed by atoms with Gasteiger partial charge in [-0.15, -0.1) is 0 Å². The van der Waals surface area contributed by atoms with Crippen molar-refractivity contribution in [3.8, 4) is 0 Å². The Morgan fingerprint density at radius 2 is 1.77 bits per heavy atom. The van der Waals surface area contributed by atoms with E-state index in [4.69, 9.17) is 5.73 Å². The van der Waals surface area contributed by atoms with E-state index in [2.05, 4.69) is 5.32 Å². The highest BCUT2D eigenvalue weighted by Crippen LogP contribution is 2.14. The summed E-state index contributed by atoms with van der Waals surface area (Å²) in [6.45, 7) is 4.89. The Morgan fingerprint density at radius 1 is 1.14 bits per heavy atom. The van der Waals surface area contributed by atoms with Crippen LogP contribution >= 0.6 is 0 Å². The van der Waals surface area contributed by atoms with Crippen molar-refractivity contribution in [1.82, 2.24) is 15.1 Å². The number of hydrogen-bond donors (Lipinski definition) is 2. The molecule has 0 bridgehead atoms. The largest absolute Gasteiger partial charge is 0.399 e. The van der Waals surface area contributed by atoms with E-state index < -0.39 is 0 Å². The van der Waals surface area contributed by atoms with Crippen molar-refractivity contribution in [2.24, 2.45) is 0 Å². The van der Waals surface area contributed by atoms with Gasteiger partial charge in [0.05, 0.1) is 0 Å². The van der Waals surface area contributed by atoms with Gasteiger partial charge >= 0.3 is 6.03 Å². The van der Waals surface area contributed by atoms with Crippen LogP contribution in [0.5, 0.6) is 0 Å². The molecule has 22 heavy (non-hydrogen) atoms. The first-order chi connectivity index (χ1) is 10.6. The topological polar surface area (TPSA) is 78.7 Å². The molecule has 1 aliphatic rings. The average molecular weight is 304 g/mol. The number of nitrogen functional groups attached to an aromatic ring is 1. The van der Waals surface area contributed by atoms with Gasteiger partial charge in [-0.25, -0.2) is 4.79 Å². The van der Waals surface area contributed by atoms with Crippen molar-refractivity contribution >= 4 is 17.6 Å². The lowest BCUT2D eigenvalue weighted by atomic mass is 10.1. The zero-order chi connectivity index (χ0) is 15.9. The molecule has 0 aromatic heterocycles. The maximum Gasteiger partial charge on any atom is 0.317 e.